The Morgan fingerprint density at radius 1 is 1.10 bits per heavy atom. The van der Waals surface area contributed by atoms with Crippen LogP contribution in [0.1, 0.15) is 28.3 Å². The smallest absolute Gasteiger partial charge is 0.164 e. The summed E-state index contributed by atoms with van der Waals surface area (Å²) >= 11 is 0. The van der Waals surface area contributed by atoms with Gasteiger partial charge in [-0.15, -0.1) is 0 Å². The van der Waals surface area contributed by atoms with E-state index in [1.165, 1.54) is 22.3 Å². The minimum absolute atomic E-state index is 0.216. The monoisotopic (exact) mass is 283 g/mol. The van der Waals surface area contributed by atoms with E-state index in [1.54, 1.807) is 14.2 Å². The lowest BCUT2D eigenvalue weighted by atomic mass is 9.88. The van der Waals surface area contributed by atoms with E-state index in [9.17, 15) is 0 Å². The Balaban J connectivity index is 2.10. The number of rotatable bonds is 3. The van der Waals surface area contributed by atoms with Crippen molar-refractivity contribution in [3.05, 3.63) is 58.7 Å². The third kappa shape index (κ3) is 2.49. The summed E-state index contributed by atoms with van der Waals surface area (Å²) in [6, 6.07) is 13.0. The van der Waals surface area contributed by atoms with Crippen LogP contribution in [-0.4, -0.2) is 20.8 Å². The molecule has 0 aromatic heterocycles. The average molecular weight is 283 g/mol. The molecule has 2 aromatic rings. The molecule has 0 fully saturated rings. The maximum Gasteiger partial charge on any atom is 0.164 e. The molecule has 0 radical (unpaired) electrons. The van der Waals surface area contributed by atoms with Crippen LogP contribution in [0, 0.1) is 6.92 Å². The Hall–Kier alpha value is -2.00. The molecule has 0 spiro atoms. The quantitative estimate of drug-likeness (QED) is 0.938. The first-order valence-electron chi connectivity index (χ1n) is 7.28. The molecule has 110 valence electrons. The van der Waals surface area contributed by atoms with E-state index < -0.39 is 0 Å². The number of hydrogen-bond acceptors (Lipinski definition) is 3. The molecule has 0 saturated carbocycles. The number of aryl methyl sites for hydroxylation is 1. The van der Waals surface area contributed by atoms with Gasteiger partial charge in [0.05, 0.1) is 20.3 Å². The van der Waals surface area contributed by atoms with Crippen molar-refractivity contribution in [3.8, 4) is 11.5 Å². The van der Waals surface area contributed by atoms with Gasteiger partial charge >= 0.3 is 0 Å². The molecule has 0 bridgehead atoms. The first-order chi connectivity index (χ1) is 10.2. The van der Waals surface area contributed by atoms with Crippen molar-refractivity contribution in [2.45, 2.75) is 19.4 Å². The van der Waals surface area contributed by atoms with Crippen LogP contribution in [0.5, 0.6) is 11.5 Å². The molecule has 1 N–H and O–H groups in total. The highest BCUT2D eigenvalue weighted by molar-refractivity contribution is 5.54. The second-order valence-electron chi connectivity index (χ2n) is 5.42. The van der Waals surface area contributed by atoms with Gasteiger partial charge in [-0.25, -0.2) is 0 Å². The van der Waals surface area contributed by atoms with Crippen LogP contribution in [-0.2, 0) is 6.42 Å². The van der Waals surface area contributed by atoms with E-state index in [2.05, 4.69) is 42.6 Å². The molecule has 1 unspecified atom stereocenters. The lowest BCUT2D eigenvalue weighted by Gasteiger charge is -2.29. The van der Waals surface area contributed by atoms with E-state index in [-0.39, 0.29) is 6.04 Å². The Kier molecular flexibility index (Phi) is 3.84. The molecule has 2 aromatic carbocycles. The van der Waals surface area contributed by atoms with Gasteiger partial charge in [0.15, 0.2) is 11.5 Å². The van der Waals surface area contributed by atoms with E-state index in [0.29, 0.717) is 0 Å². The van der Waals surface area contributed by atoms with Crippen molar-refractivity contribution in [3.63, 3.8) is 0 Å². The van der Waals surface area contributed by atoms with Crippen molar-refractivity contribution in [2.75, 3.05) is 20.8 Å². The molecule has 0 aliphatic carbocycles. The van der Waals surface area contributed by atoms with E-state index in [4.69, 9.17) is 9.47 Å². The number of methoxy groups -OCH3 is 2. The Labute approximate surface area is 125 Å². The van der Waals surface area contributed by atoms with Gasteiger partial charge in [-0.05, 0) is 30.5 Å². The van der Waals surface area contributed by atoms with Crippen LogP contribution in [0.15, 0.2) is 36.4 Å². The number of benzene rings is 2. The fraction of sp³-hybridized carbons (Fsp3) is 0.333. The zero-order valence-corrected chi connectivity index (χ0v) is 12.8. The summed E-state index contributed by atoms with van der Waals surface area (Å²) in [6.07, 6.45) is 0.956. The van der Waals surface area contributed by atoms with Gasteiger partial charge in [-0.2, -0.15) is 0 Å². The minimum atomic E-state index is 0.216. The van der Waals surface area contributed by atoms with Crippen molar-refractivity contribution in [1.29, 1.82) is 0 Å². The Morgan fingerprint density at radius 3 is 2.67 bits per heavy atom. The zero-order valence-electron chi connectivity index (χ0n) is 12.8. The molecular formula is C18H21NO2. The largest absolute Gasteiger partial charge is 0.493 e. The normalized spacial score (nSPS) is 17.2. The standard InChI is InChI=1S/C18H21NO2/c1-12-5-4-6-13(11-12)17-14-7-8-16(20-2)18(21-3)15(14)9-10-19-17/h4-8,11,17,19H,9-10H2,1-3H3. The van der Waals surface area contributed by atoms with Crippen LogP contribution < -0.4 is 14.8 Å². The first-order valence-corrected chi connectivity index (χ1v) is 7.28. The summed E-state index contributed by atoms with van der Waals surface area (Å²) in [6.45, 7) is 3.07. The predicted molar refractivity (Wildman–Crippen MR) is 84.3 cm³/mol. The SMILES string of the molecule is COc1ccc2c(c1OC)CCNC2c1cccc(C)c1. The number of hydrogen-bond donors (Lipinski definition) is 1. The molecule has 1 atom stereocenters. The molecule has 0 amide bonds. The molecule has 21 heavy (non-hydrogen) atoms. The minimum Gasteiger partial charge on any atom is -0.493 e. The first kappa shape index (κ1) is 14.0. The van der Waals surface area contributed by atoms with Gasteiger partial charge in [0.2, 0.25) is 0 Å². The predicted octanol–water partition coefficient (Wildman–Crippen LogP) is 3.25. The van der Waals surface area contributed by atoms with Gasteiger partial charge in [-0.1, -0.05) is 35.9 Å². The van der Waals surface area contributed by atoms with Crippen LogP contribution >= 0.6 is 0 Å². The van der Waals surface area contributed by atoms with E-state index in [1.807, 2.05) is 6.07 Å². The molecule has 3 rings (SSSR count). The third-order valence-corrected chi connectivity index (χ3v) is 4.09. The second kappa shape index (κ2) is 5.78. The highest BCUT2D eigenvalue weighted by atomic mass is 16.5. The maximum absolute atomic E-state index is 5.59. The van der Waals surface area contributed by atoms with Crippen molar-refractivity contribution in [2.24, 2.45) is 0 Å². The third-order valence-electron chi connectivity index (χ3n) is 4.09. The van der Waals surface area contributed by atoms with E-state index >= 15 is 0 Å². The Bertz CT molecular complexity index is 652. The van der Waals surface area contributed by atoms with Gasteiger partial charge in [0.1, 0.15) is 0 Å². The van der Waals surface area contributed by atoms with Crippen molar-refractivity contribution >= 4 is 0 Å². The molecule has 3 heteroatoms. The van der Waals surface area contributed by atoms with Crippen molar-refractivity contribution in [1.82, 2.24) is 5.32 Å². The van der Waals surface area contributed by atoms with Crippen molar-refractivity contribution < 1.29 is 9.47 Å². The zero-order chi connectivity index (χ0) is 14.8. The van der Waals surface area contributed by atoms with Gasteiger partial charge in [-0.3, -0.25) is 0 Å². The number of ether oxygens (including phenoxy) is 2. The summed E-state index contributed by atoms with van der Waals surface area (Å²) in [5, 5.41) is 3.61. The van der Waals surface area contributed by atoms with Crippen LogP contribution in [0.3, 0.4) is 0 Å². The molecule has 1 aliphatic heterocycles. The van der Waals surface area contributed by atoms with Crippen LogP contribution in [0.2, 0.25) is 0 Å². The highest BCUT2D eigenvalue weighted by Crippen LogP contribution is 2.39. The number of nitrogens with one attached hydrogen (secondary N) is 1. The summed E-state index contributed by atoms with van der Waals surface area (Å²) in [7, 11) is 3.39. The van der Waals surface area contributed by atoms with Gasteiger partial charge in [0.25, 0.3) is 0 Å². The van der Waals surface area contributed by atoms with E-state index in [0.717, 1.165) is 24.5 Å². The molecule has 1 heterocycles. The maximum atomic E-state index is 5.59. The summed E-state index contributed by atoms with van der Waals surface area (Å²) in [5.41, 5.74) is 5.11. The van der Waals surface area contributed by atoms with Gasteiger partial charge < -0.3 is 14.8 Å². The lowest BCUT2D eigenvalue weighted by molar-refractivity contribution is 0.348. The number of fused-ring (bicyclic) bond motifs is 1. The Morgan fingerprint density at radius 2 is 1.95 bits per heavy atom. The fourth-order valence-electron chi connectivity index (χ4n) is 3.13. The van der Waals surface area contributed by atoms with Crippen LogP contribution in [0.4, 0.5) is 0 Å². The molecule has 3 nitrogen and oxygen atoms in total. The van der Waals surface area contributed by atoms with Crippen LogP contribution in [0.25, 0.3) is 0 Å². The topological polar surface area (TPSA) is 30.5 Å². The fourth-order valence-corrected chi connectivity index (χ4v) is 3.13. The summed E-state index contributed by atoms with van der Waals surface area (Å²) < 4.78 is 11.0. The molecule has 1 aliphatic rings. The lowest BCUT2D eigenvalue weighted by Crippen LogP contribution is -2.31. The van der Waals surface area contributed by atoms with Gasteiger partial charge in [0, 0.05) is 12.1 Å². The summed E-state index contributed by atoms with van der Waals surface area (Å²) in [4.78, 5) is 0. The molecule has 0 saturated heterocycles. The molecular weight excluding hydrogens is 262 g/mol. The summed E-state index contributed by atoms with van der Waals surface area (Å²) in [5.74, 6) is 1.68. The average Bonchev–Trinajstić information content (AvgIpc) is 2.53. The second-order valence-corrected chi connectivity index (χ2v) is 5.42. The highest BCUT2D eigenvalue weighted by Gasteiger charge is 2.25.